The molecule has 1 aromatic carbocycles. The number of carbonyl (C=O) groups excluding carboxylic acids is 1. The van der Waals surface area contributed by atoms with Gasteiger partial charge in [0, 0.05) is 18.7 Å². The molecule has 0 atom stereocenters. The number of nitrogens with zero attached hydrogens (tertiary/aromatic N) is 1. The number of carbonyl (C=O) groups is 1. The number of anilines is 1. The van der Waals surface area contributed by atoms with Gasteiger partial charge in [-0.05, 0) is 37.8 Å². The number of benzene rings is 1. The molecule has 2 nitrogen and oxygen atoms in total. The van der Waals surface area contributed by atoms with Gasteiger partial charge in [-0.1, -0.05) is 24.1 Å². The molecule has 17 heavy (non-hydrogen) atoms. The highest BCUT2D eigenvalue weighted by Gasteiger charge is 2.22. The predicted molar refractivity (Wildman–Crippen MR) is 72.1 cm³/mol. The topological polar surface area (TPSA) is 20.3 Å². The Morgan fingerprint density at radius 3 is 2.76 bits per heavy atom. The molecule has 1 fully saturated rings. The van der Waals surface area contributed by atoms with Gasteiger partial charge in [0.05, 0.1) is 10.7 Å². The lowest BCUT2D eigenvalue weighted by molar-refractivity contribution is 0.112. The third-order valence-corrected chi connectivity index (χ3v) is 3.85. The van der Waals surface area contributed by atoms with Gasteiger partial charge in [-0.3, -0.25) is 4.79 Å². The Morgan fingerprint density at radius 1 is 1.47 bits per heavy atom. The van der Waals surface area contributed by atoms with E-state index in [1.54, 1.807) is 0 Å². The molecule has 0 spiro atoms. The standard InChI is InChI=1S/C14H18ClNO/c1-2-16(9-11-5-3-6-11)14-12(10-17)7-4-8-13(14)15/h4,7-8,10-11H,2-3,5-6,9H2,1H3. The summed E-state index contributed by atoms with van der Waals surface area (Å²) in [5.41, 5.74) is 1.59. The van der Waals surface area contributed by atoms with Crippen molar-refractivity contribution in [1.29, 1.82) is 0 Å². The summed E-state index contributed by atoms with van der Waals surface area (Å²) in [5.74, 6) is 0.769. The Kier molecular flexibility index (Phi) is 4.06. The van der Waals surface area contributed by atoms with Crippen LogP contribution in [-0.4, -0.2) is 19.4 Å². The smallest absolute Gasteiger partial charge is 0.152 e. The molecule has 0 N–H and O–H groups in total. The summed E-state index contributed by atoms with van der Waals surface area (Å²) >= 11 is 6.23. The monoisotopic (exact) mass is 251 g/mol. The van der Waals surface area contributed by atoms with E-state index >= 15 is 0 Å². The van der Waals surface area contributed by atoms with E-state index in [1.807, 2.05) is 18.2 Å². The van der Waals surface area contributed by atoms with Gasteiger partial charge in [0.2, 0.25) is 0 Å². The largest absolute Gasteiger partial charge is 0.370 e. The van der Waals surface area contributed by atoms with Gasteiger partial charge in [0.1, 0.15) is 0 Å². The van der Waals surface area contributed by atoms with Gasteiger partial charge in [-0.15, -0.1) is 0 Å². The Hall–Kier alpha value is -1.02. The first-order valence-electron chi connectivity index (χ1n) is 6.25. The average molecular weight is 252 g/mol. The van der Waals surface area contributed by atoms with Crippen LogP contribution in [0.4, 0.5) is 5.69 Å². The zero-order chi connectivity index (χ0) is 12.3. The summed E-state index contributed by atoms with van der Waals surface area (Å²) in [6, 6.07) is 5.51. The Balaban J connectivity index is 2.24. The molecule has 0 radical (unpaired) electrons. The van der Waals surface area contributed by atoms with E-state index in [4.69, 9.17) is 11.6 Å². The minimum atomic E-state index is 0.677. The van der Waals surface area contributed by atoms with Crippen LogP contribution in [0, 0.1) is 5.92 Å². The van der Waals surface area contributed by atoms with Gasteiger partial charge >= 0.3 is 0 Å². The summed E-state index contributed by atoms with van der Waals surface area (Å²) < 4.78 is 0. The Bertz CT molecular complexity index is 401. The van der Waals surface area contributed by atoms with Crippen LogP contribution in [0.25, 0.3) is 0 Å². The number of halogens is 1. The van der Waals surface area contributed by atoms with Crippen molar-refractivity contribution in [3.63, 3.8) is 0 Å². The molecular formula is C14H18ClNO. The second-order valence-corrected chi connectivity index (χ2v) is 5.04. The van der Waals surface area contributed by atoms with Crippen molar-refractivity contribution < 1.29 is 4.79 Å². The number of rotatable bonds is 5. The van der Waals surface area contributed by atoms with Gasteiger partial charge in [-0.2, -0.15) is 0 Å². The molecule has 0 unspecified atom stereocenters. The highest BCUT2D eigenvalue weighted by atomic mass is 35.5. The van der Waals surface area contributed by atoms with E-state index in [-0.39, 0.29) is 0 Å². The quantitative estimate of drug-likeness (QED) is 0.743. The molecule has 3 heteroatoms. The van der Waals surface area contributed by atoms with Crippen molar-refractivity contribution in [2.45, 2.75) is 26.2 Å². The molecule has 1 saturated carbocycles. The lowest BCUT2D eigenvalue weighted by Gasteiger charge is -2.34. The zero-order valence-electron chi connectivity index (χ0n) is 10.2. The third-order valence-electron chi connectivity index (χ3n) is 3.55. The fraction of sp³-hybridized carbons (Fsp3) is 0.500. The highest BCUT2D eigenvalue weighted by molar-refractivity contribution is 6.33. The highest BCUT2D eigenvalue weighted by Crippen LogP contribution is 2.33. The summed E-state index contributed by atoms with van der Waals surface area (Å²) in [7, 11) is 0. The molecule has 1 aliphatic rings. The fourth-order valence-corrected chi connectivity index (χ4v) is 2.63. The van der Waals surface area contributed by atoms with Crippen LogP contribution in [0.2, 0.25) is 5.02 Å². The lowest BCUT2D eigenvalue weighted by Crippen LogP contribution is -2.33. The van der Waals surface area contributed by atoms with Gasteiger partial charge < -0.3 is 4.90 Å². The summed E-state index contributed by atoms with van der Waals surface area (Å²) in [6.45, 7) is 4.01. The van der Waals surface area contributed by atoms with E-state index in [2.05, 4.69) is 11.8 Å². The van der Waals surface area contributed by atoms with Crippen LogP contribution in [0.5, 0.6) is 0 Å². The van der Waals surface area contributed by atoms with Crippen LogP contribution in [0.15, 0.2) is 18.2 Å². The van der Waals surface area contributed by atoms with E-state index in [1.165, 1.54) is 19.3 Å². The maximum Gasteiger partial charge on any atom is 0.152 e. The van der Waals surface area contributed by atoms with Crippen molar-refractivity contribution in [2.24, 2.45) is 5.92 Å². The number of para-hydroxylation sites is 1. The first-order chi connectivity index (χ1) is 8.26. The maximum absolute atomic E-state index is 11.1. The Morgan fingerprint density at radius 2 is 2.24 bits per heavy atom. The predicted octanol–water partition coefficient (Wildman–Crippen LogP) is 3.78. The first-order valence-corrected chi connectivity index (χ1v) is 6.62. The molecule has 0 aromatic heterocycles. The van der Waals surface area contributed by atoms with E-state index in [9.17, 15) is 4.79 Å². The summed E-state index contributed by atoms with van der Waals surface area (Å²) in [4.78, 5) is 13.3. The normalized spacial score (nSPS) is 15.4. The third kappa shape index (κ3) is 2.63. The minimum Gasteiger partial charge on any atom is -0.370 e. The van der Waals surface area contributed by atoms with Crippen molar-refractivity contribution in [1.82, 2.24) is 0 Å². The van der Waals surface area contributed by atoms with E-state index < -0.39 is 0 Å². The molecule has 1 aliphatic carbocycles. The minimum absolute atomic E-state index is 0.677. The Labute approximate surface area is 108 Å². The van der Waals surface area contributed by atoms with Crippen molar-refractivity contribution in [3.8, 4) is 0 Å². The summed E-state index contributed by atoms with van der Waals surface area (Å²) in [6.07, 6.45) is 4.84. The molecule has 0 heterocycles. The SMILES string of the molecule is CCN(CC1CCC1)c1c(Cl)cccc1C=O. The zero-order valence-corrected chi connectivity index (χ0v) is 10.9. The van der Waals surface area contributed by atoms with Crippen LogP contribution in [0.3, 0.4) is 0 Å². The molecule has 0 aliphatic heterocycles. The van der Waals surface area contributed by atoms with E-state index in [0.717, 1.165) is 31.0 Å². The van der Waals surface area contributed by atoms with Gasteiger partial charge in [0.15, 0.2) is 6.29 Å². The van der Waals surface area contributed by atoms with Crippen molar-refractivity contribution in [2.75, 3.05) is 18.0 Å². The number of hydrogen-bond acceptors (Lipinski definition) is 2. The van der Waals surface area contributed by atoms with Crippen molar-refractivity contribution in [3.05, 3.63) is 28.8 Å². The maximum atomic E-state index is 11.1. The molecule has 0 amide bonds. The van der Waals surface area contributed by atoms with Crippen molar-refractivity contribution >= 4 is 23.6 Å². The first kappa shape index (κ1) is 12.4. The molecule has 1 aromatic rings. The van der Waals surface area contributed by atoms with Crippen LogP contribution < -0.4 is 4.90 Å². The molecule has 2 rings (SSSR count). The van der Waals surface area contributed by atoms with Crippen LogP contribution in [-0.2, 0) is 0 Å². The molecular weight excluding hydrogens is 234 g/mol. The second-order valence-electron chi connectivity index (χ2n) is 4.63. The number of aldehydes is 1. The van der Waals surface area contributed by atoms with E-state index in [0.29, 0.717) is 10.6 Å². The van der Waals surface area contributed by atoms with Crippen LogP contribution >= 0.6 is 11.6 Å². The molecule has 92 valence electrons. The average Bonchev–Trinajstić information content (AvgIpc) is 2.29. The van der Waals surface area contributed by atoms with Crippen LogP contribution in [0.1, 0.15) is 36.5 Å². The second kappa shape index (κ2) is 5.54. The number of hydrogen-bond donors (Lipinski definition) is 0. The summed E-state index contributed by atoms with van der Waals surface area (Å²) in [5, 5.41) is 0.677. The molecule has 0 bridgehead atoms. The molecule has 0 saturated heterocycles. The van der Waals surface area contributed by atoms with Gasteiger partial charge in [0.25, 0.3) is 0 Å². The lowest BCUT2D eigenvalue weighted by atomic mass is 9.85. The van der Waals surface area contributed by atoms with Gasteiger partial charge in [-0.25, -0.2) is 0 Å². The fourth-order valence-electron chi connectivity index (χ4n) is 2.33.